The standard InChI is InChI=1S/C9H15N3O2/c1-3-4-5-7(9(13)14)8-6-10-11-12(8)2/h6-7H,3-5H2,1-2H3,(H,13,14). The van der Waals surface area contributed by atoms with E-state index in [4.69, 9.17) is 5.11 Å². The van der Waals surface area contributed by atoms with E-state index in [2.05, 4.69) is 10.3 Å². The van der Waals surface area contributed by atoms with Crippen LogP contribution in [0.2, 0.25) is 0 Å². The average Bonchev–Trinajstić information content (AvgIpc) is 2.52. The lowest BCUT2D eigenvalue weighted by Gasteiger charge is -2.10. The van der Waals surface area contributed by atoms with E-state index in [-0.39, 0.29) is 0 Å². The van der Waals surface area contributed by atoms with Crippen molar-refractivity contribution in [2.75, 3.05) is 0 Å². The lowest BCUT2D eigenvalue weighted by molar-refractivity contribution is -0.139. The Kier molecular flexibility index (Phi) is 3.62. The van der Waals surface area contributed by atoms with Crippen LogP contribution in [-0.2, 0) is 11.8 Å². The summed E-state index contributed by atoms with van der Waals surface area (Å²) in [6.45, 7) is 2.04. The fourth-order valence-electron chi connectivity index (χ4n) is 1.42. The van der Waals surface area contributed by atoms with Crippen molar-refractivity contribution in [3.8, 4) is 0 Å². The van der Waals surface area contributed by atoms with Gasteiger partial charge in [0.05, 0.1) is 11.9 Å². The quantitative estimate of drug-likeness (QED) is 0.769. The molecule has 5 heteroatoms. The van der Waals surface area contributed by atoms with E-state index in [9.17, 15) is 4.79 Å². The molecule has 1 N–H and O–H groups in total. The van der Waals surface area contributed by atoms with Gasteiger partial charge in [-0.2, -0.15) is 0 Å². The zero-order valence-corrected chi connectivity index (χ0v) is 8.47. The van der Waals surface area contributed by atoms with Crippen LogP contribution < -0.4 is 0 Å². The Balaban J connectivity index is 2.78. The van der Waals surface area contributed by atoms with Gasteiger partial charge in [-0.1, -0.05) is 25.0 Å². The second-order valence-corrected chi connectivity index (χ2v) is 3.32. The highest BCUT2D eigenvalue weighted by molar-refractivity contribution is 5.75. The first-order chi connectivity index (χ1) is 6.66. The predicted octanol–water partition coefficient (Wildman–Crippen LogP) is 1.17. The Morgan fingerprint density at radius 3 is 2.86 bits per heavy atom. The highest BCUT2D eigenvalue weighted by Gasteiger charge is 2.22. The number of carboxylic acid groups (broad SMARTS) is 1. The molecule has 0 saturated heterocycles. The first kappa shape index (κ1) is 10.7. The van der Waals surface area contributed by atoms with E-state index in [1.165, 1.54) is 10.9 Å². The van der Waals surface area contributed by atoms with Crippen molar-refractivity contribution in [3.63, 3.8) is 0 Å². The minimum atomic E-state index is -0.802. The Morgan fingerprint density at radius 2 is 2.43 bits per heavy atom. The first-order valence-electron chi connectivity index (χ1n) is 4.74. The largest absolute Gasteiger partial charge is 0.481 e. The molecule has 1 heterocycles. The molecule has 0 amide bonds. The van der Waals surface area contributed by atoms with Gasteiger partial charge < -0.3 is 5.11 Å². The molecular formula is C9H15N3O2. The number of aryl methyl sites for hydroxylation is 1. The molecule has 0 radical (unpaired) electrons. The van der Waals surface area contributed by atoms with Gasteiger partial charge in [-0.05, 0) is 6.42 Å². The maximum atomic E-state index is 11.0. The molecule has 1 aromatic rings. The molecule has 0 aliphatic heterocycles. The molecule has 14 heavy (non-hydrogen) atoms. The van der Waals surface area contributed by atoms with Crippen LogP contribution in [0, 0.1) is 0 Å². The van der Waals surface area contributed by atoms with Crippen molar-refractivity contribution < 1.29 is 9.90 Å². The minimum absolute atomic E-state index is 0.477. The molecule has 1 unspecified atom stereocenters. The van der Waals surface area contributed by atoms with Crippen LogP contribution in [0.4, 0.5) is 0 Å². The van der Waals surface area contributed by atoms with Crippen molar-refractivity contribution in [3.05, 3.63) is 11.9 Å². The molecule has 0 fully saturated rings. The number of hydrogen-bond acceptors (Lipinski definition) is 3. The molecule has 1 atom stereocenters. The van der Waals surface area contributed by atoms with Crippen LogP contribution in [0.3, 0.4) is 0 Å². The van der Waals surface area contributed by atoms with E-state index in [0.717, 1.165) is 12.8 Å². The summed E-state index contributed by atoms with van der Waals surface area (Å²) in [7, 11) is 1.71. The summed E-state index contributed by atoms with van der Waals surface area (Å²) < 4.78 is 1.52. The van der Waals surface area contributed by atoms with Gasteiger partial charge in [-0.25, -0.2) is 0 Å². The fourth-order valence-corrected chi connectivity index (χ4v) is 1.42. The zero-order chi connectivity index (χ0) is 10.6. The first-order valence-corrected chi connectivity index (χ1v) is 4.74. The maximum Gasteiger partial charge on any atom is 0.312 e. The van der Waals surface area contributed by atoms with E-state index >= 15 is 0 Å². The third kappa shape index (κ3) is 2.31. The molecule has 1 rings (SSSR count). The number of carboxylic acids is 1. The Hall–Kier alpha value is -1.39. The molecular weight excluding hydrogens is 182 g/mol. The molecule has 78 valence electrons. The minimum Gasteiger partial charge on any atom is -0.481 e. The number of carbonyl (C=O) groups is 1. The van der Waals surface area contributed by atoms with E-state index < -0.39 is 11.9 Å². The summed E-state index contributed by atoms with van der Waals surface area (Å²) in [6.07, 6.45) is 4.07. The fraction of sp³-hybridized carbons (Fsp3) is 0.667. The maximum absolute atomic E-state index is 11.0. The second-order valence-electron chi connectivity index (χ2n) is 3.32. The van der Waals surface area contributed by atoms with Crippen LogP contribution in [-0.4, -0.2) is 26.1 Å². The van der Waals surface area contributed by atoms with Crippen molar-refractivity contribution >= 4 is 5.97 Å². The zero-order valence-electron chi connectivity index (χ0n) is 8.47. The molecule has 0 aliphatic rings. The van der Waals surface area contributed by atoms with Gasteiger partial charge in [0.1, 0.15) is 5.92 Å². The molecule has 0 spiro atoms. The van der Waals surface area contributed by atoms with Gasteiger partial charge >= 0.3 is 5.97 Å². The monoisotopic (exact) mass is 197 g/mol. The number of rotatable bonds is 5. The summed E-state index contributed by atoms with van der Waals surface area (Å²) in [5.41, 5.74) is 0.672. The number of aliphatic carboxylic acids is 1. The van der Waals surface area contributed by atoms with Crippen LogP contribution in [0.15, 0.2) is 6.20 Å². The van der Waals surface area contributed by atoms with Crippen LogP contribution in [0.25, 0.3) is 0 Å². The van der Waals surface area contributed by atoms with E-state index in [1.54, 1.807) is 7.05 Å². The number of aromatic nitrogens is 3. The molecule has 0 aliphatic carbocycles. The summed E-state index contributed by atoms with van der Waals surface area (Å²) in [5.74, 6) is -1.28. The lowest BCUT2D eigenvalue weighted by Crippen LogP contribution is -2.15. The van der Waals surface area contributed by atoms with Gasteiger partial charge in [-0.15, -0.1) is 5.10 Å². The van der Waals surface area contributed by atoms with Gasteiger partial charge in [-0.3, -0.25) is 9.48 Å². The molecule has 0 bridgehead atoms. The van der Waals surface area contributed by atoms with Crippen molar-refractivity contribution in [2.24, 2.45) is 7.05 Å². The SMILES string of the molecule is CCCCC(C(=O)O)c1cnnn1C. The number of nitrogens with zero attached hydrogens (tertiary/aromatic N) is 3. The van der Waals surface area contributed by atoms with Crippen LogP contribution in [0.1, 0.15) is 37.8 Å². The molecule has 0 aromatic carbocycles. The normalized spacial score (nSPS) is 12.7. The molecule has 1 aromatic heterocycles. The van der Waals surface area contributed by atoms with Crippen molar-refractivity contribution in [1.82, 2.24) is 15.0 Å². The second kappa shape index (κ2) is 4.74. The summed E-state index contributed by atoms with van der Waals surface area (Å²) in [4.78, 5) is 11.0. The van der Waals surface area contributed by atoms with Crippen LogP contribution in [0.5, 0.6) is 0 Å². The predicted molar refractivity (Wildman–Crippen MR) is 50.9 cm³/mol. The third-order valence-corrected chi connectivity index (χ3v) is 2.25. The number of unbranched alkanes of at least 4 members (excludes halogenated alkanes) is 1. The van der Waals surface area contributed by atoms with E-state index in [1.807, 2.05) is 6.92 Å². The summed E-state index contributed by atoms with van der Waals surface area (Å²) in [6, 6.07) is 0. The van der Waals surface area contributed by atoms with Crippen molar-refractivity contribution in [2.45, 2.75) is 32.1 Å². The Bertz CT molecular complexity index is 309. The van der Waals surface area contributed by atoms with Gasteiger partial charge in [0.15, 0.2) is 0 Å². The molecule has 0 saturated carbocycles. The molecule has 5 nitrogen and oxygen atoms in total. The Labute approximate surface area is 82.7 Å². The summed E-state index contributed by atoms with van der Waals surface area (Å²) >= 11 is 0. The van der Waals surface area contributed by atoms with E-state index in [0.29, 0.717) is 12.1 Å². The van der Waals surface area contributed by atoms with Gasteiger partial charge in [0, 0.05) is 7.05 Å². The van der Waals surface area contributed by atoms with Gasteiger partial charge in [0.2, 0.25) is 0 Å². The highest BCUT2D eigenvalue weighted by Crippen LogP contribution is 2.20. The smallest absolute Gasteiger partial charge is 0.312 e. The Morgan fingerprint density at radius 1 is 1.71 bits per heavy atom. The third-order valence-electron chi connectivity index (χ3n) is 2.25. The average molecular weight is 197 g/mol. The van der Waals surface area contributed by atoms with Crippen molar-refractivity contribution in [1.29, 1.82) is 0 Å². The number of hydrogen-bond donors (Lipinski definition) is 1. The summed E-state index contributed by atoms with van der Waals surface area (Å²) in [5, 5.41) is 16.4. The topological polar surface area (TPSA) is 68.0 Å². The van der Waals surface area contributed by atoms with Crippen LogP contribution >= 0.6 is 0 Å². The highest BCUT2D eigenvalue weighted by atomic mass is 16.4. The lowest BCUT2D eigenvalue weighted by atomic mass is 9.99. The van der Waals surface area contributed by atoms with Gasteiger partial charge in [0.25, 0.3) is 0 Å².